The zero-order valence-corrected chi connectivity index (χ0v) is 12.6. The van der Waals surface area contributed by atoms with Gasteiger partial charge in [-0.25, -0.2) is 0 Å². The second-order valence-corrected chi connectivity index (χ2v) is 5.65. The maximum absolute atomic E-state index is 11.8. The van der Waals surface area contributed by atoms with Crippen LogP contribution in [0.4, 0.5) is 0 Å². The SMILES string of the molecule is CC(=O)NCCCCCC(=O)NC1COCC1(C)C(=O)O. The number of carbonyl (C=O) groups excluding carboxylic acids is 2. The monoisotopic (exact) mass is 300 g/mol. The van der Waals surface area contributed by atoms with E-state index in [4.69, 9.17) is 4.74 Å². The number of hydrogen-bond donors (Lipinski definition) is 3. The molecule has 1 fully saturated rings. The standard InChI is InChI=1S/C14H24N2O5/c1-10(17)15-7-5-3-4-6-12(18)16-11-8-21-9-14(11,2)13(19)20/h11H,3-9H2,1-2H3,(H,15,17)(H,16,18)(H,19,20). The predicted octanol–water partition coefficient (Wildman–Crippen LogP) is 0.289. The first kappa shape index (κ1) is 17.4. The maximum atomic E-state index is 11.8. The van der Waals surface area contributed by atoms with Crippen LogP contribution in [0.25, 0.3) is 0 Å². The largest absolute Gasteiger partial charge is 0.481 e. The molecule has 0 aromatic heterocycles. The average Bonchev–Trinajstić information content (AvgIpc) is 2.76. The summed E-state index contributed by atoms with van der Waals surface area (Å²) in [6, 6.07) is -0.484. The Hall–Kier alpha value is -1.63. The Balaban J connectivity index is 2.22. The van der Waals surface area contributed by atoms with E-state index in [1.54, 1.807) is 6.92 Å². The van der Waals surface area contributed by atoms with Gasteiger partial charge in [-0.05, 0) is 19.8 Å². The van der Waals surface area contributed by atoms with Crippen LogP contribution in [-0.2, 0) is 19.1 Å². The Labute approximate surface area is 124 Å². The van der Waals surface area contributed by atoms with Crippen molar-refractivity contribution in [1.29, 1.82) is 0 Å². The van der Waals surface area contributed by atoms with Gasteiger partial charge in [0.2, 0.25) is 11.8 Å². The van der Waals surface area contributed by atoms with Crippen LogP contribution in [0, 0.1) is 5.41 Å². The summed E-state index contributed by atoms with van der Waals surface area (Å²) in [5.41, 5.74) is -1.05. The molecule has 0 radical (unpaired) electrons. The lowest BCUT2D eigenvalue weighted by atomic mass is 9.85. The summed E-state index contributed by atoms with van der Waals surface area (Å²) in [4.78, 5) is 33.7. The molecule has 21 heavy (non-hydrogen) atoms. The van der Waals surface area contributed by atoms with Crippen molar-refractivity contribution in [2.45, 2.75) is 45.6 Å². The van der Waals surface area contributed by atoms with Crippen LogP contribution >= 0.6 is 0 Å². The molecule has 1 saturated heterocycles. The smallest absolute Gasteiger partial charge is 0.313 e. The molecule has 0 aliphatic carbocycles. The summed E-state index contributed by atoms with van der Waals surface area (Å²) in [6.45, 7) is 4.02. The van der Waals surface area contributed by atoms with Crippen LogP contribution in [0.3, 0.4) is 0 Å². The molecular formula is C14H24N2O5. The second kappa shape index (κ2) is 7.97. The minimum Gasteiger partial charge on any atom is -0.481 e. The van der Waals surface area contributed by atoms with Gasteiger partial charge in [0, 0.05) is 19.9 Å². The fourth-order valence-electron chi connectivity index (χ4n) is 2.20. The molecule has 0 aromatic carbocycles. The first-order chi connectivity index (χ1) is 9.86. The minimum absolute atomic E-state index is 0.0538. The number of nitrogens with one attached hydrogen (secondary N) is 2. The molecule has 3 N–H and O–H groups in total. The number of hydrogen-bond acceptors (Lipinski definition) is 4. The van der Waals surface area contributed by atoms with E-state index in [1.807, 2.05) is 0 Å². The molecule has 120 valence electrons. The molecule has 7 heteroatoms. The summed E-state index contributed by atoms with van der Waals surface area (Å²) < 4.78 is 5.18. The Morgan fingerprint density at radius 2 is 2.00 bits per heavy atom. The van der Waals surface area contributed by atoms with Crippen LogP contribution < -0.4 is 10.6 Å². The number of carboxylic acids is 1. The van der Waals surface area contributed by atoms with Gasteiger partial charge < -0.3 is 20.5 Å². The molecule has 7 nitrogen and oxygen atoms in total. The highest BCUT2D eigenvalue weighted by molar-refractivity contribution is 5.80. The normalized spacial score (nSPS) is 24.6. The van der Waals surface area contributed by atoms with E-state index in [0.717, 1.165) is 12.8 Å². The fourth-order valence-corrected chi connectivity index (χ4v) is 2.20. The summed E-state index contributed by atoms with van der Waals surface area (Å²) in [6.07, 6.45) is 2.73. The van der Waals surface area contributed by atoms with E-state index in [1.165, 1.54) is 6.92 Å². The van der Waals surface area contributed by atoms with E-state index in [0.29, 0.717) is 19.4 Å². The molecule has 0 bridgehead atoms. The predicted molar refractivity (Wildman–Crippen MR) is 75.6 cm³/mol. The van der Waals surface area contributed by atoms with Gasteiger partial charge in [-0.2, -0.15) is 0 Å². The van der Waals surface area contributed by atoms with Gasteiger partial charge in [-0.15, -0.1) is 0 Å². The van der Waals surface area contributed by atoms with Gasteiger partial charge >= 0.3 is 5.97 Å². The number of unbranched alkanes of at least 4 members (excludes halogenated alkanes) is 2. The fraction of sp³-hybridized carbons (Fsp3) is 0.786. The van der Waals surface area contributed by atoms with Crippen molar-refractivity contribution in [2.75, 3.05) is 19.8 Å². The highest BCUT2D eigenvalue weighted by Gasteiger charge is 2.47. The van der Waals surface area contributed by atoms with Crippen molar-refractivity contribution in [3.63, 3.8) is 0 Å². The Kier molecular flexibility index (Phi) is 6.61. The van der Waals surface area contributed by atoms with Gasteiger partial charge in [0.15, 0.2) is 0 Å². The first-order valence-corrected chi connectivity index (χ1v) is 7.21. The third-order valence-corrected chi connectivity index (χ3v) is 3.73. The number of ether oxygens (including phenoxy) is 1. The number of amides is 2. The van der Waals surface area contributed by atoms with Crippen LogP contribution in [0.15, 0.2) is 0 Å². The molecule has 1 aliphatic heterocycles. The first-order valence-electron chi connectivity index (χ1n) is 7.21. The van der Waals surface area contributed by atoms with Crippen LogP contribution in [0.2, 0.25) is 0 Å². The lowest BCUT2D eigenvalue weighted by Crippen LogP contribution is -2.49. The number of carboxylic acid groups (broad SMARTS) is 1. The zero-order valence-electron chi connectivity index (χ0n) is 12.6. The van der Waals surface area contributed by atoms with Gasteiger partial charge in [-0.3, -0.25) is 14.4 Å². The number of carbonyl (C=O) groups is 3. The molecule has 2 amide bonds. The summed E-state index contributed by atoms with van der Waals surface area (Å²) in [5, 5.41) is 14.6. The summed E-state index contributed by atoms with van der Waals surface area (Å²) in [7, 11) is 0. The highest BCUT2D eigenvalue weighted by atomic mass is 16.5. The van der Waals surface area contributed by atoms with Crippen molar-refractivity contribution >= 4 is 17.8 Å². The molecular weight excluding hydrogens is 276 g/mol. The lowest BCUT2D eigenvalue weighted by Gasteiger charge is -2.25. The molecule has 2 unspecified atom stereocenters. The van der Waals surface area contributed by atoms with Gasteiger partial charge in [0.1, 0.15) is 5.41 Å². The van der Waals surface area contributed by atoms with Crippen LogP contribution in [0.1, 0.15) is 39.5 Å². The van der Waals surface area contributed by atoms with Crippen molar-refractivity contribution in [3.05, 3.63) is 0 Å². The van der Waals surface area contributed by atoms with E-state index < -0.39 is 17.4 Å². The Morgan fingerprint density at radius 3 is 2.62 bits per heavy atom. The van der Waals surface area contributed by atoms with Crippen LogP contribution in [-0.4, -0.2) is 48.7 Å². The van der Waals surface area contributed by atoms with Gasteiger partial charge in [-0.1, -0.05) is 6.42 Å². The van der Waals surface area contributed by atoms with E-state index in [9.17, 15) is 19.5 Å². The van der Waals surface area contributed by atoms with Crippen molar-refractivity contribution in [3.8, 4) is 0 Å². The zero-order chi connectivity index (χ0) is 15.9. The van der Waals surface area contributed by atoms with E-state index >= 15 is 0 Å². The molecule has 1 heterocycles. The van der Waals surface area contributed by atoms with Crippen molar-refractivity contribution in [1.82, 2.24) is 10.6 Å². The third-order valence-electron chi connectivity index (χ3n) is 3.73. The van der Waals surface area contributed by atoms with E-state index in [2.05, 4.69) is 10.6 Å². The molecule has 1 aliphatic rings. The molecule has 0 aromatic rings. The lowest BCUT2D eigenvalue weighted by molar-refractivity contribution is -0.149. The maximum Gasteiger partial charge on any atom is 0.313 e. The van der Waals surface area contributed by atoms with Gasteiger partial charge in [0.25, 0.3) is 0 Å². The molecule has 0 saturated carbocycles. The van der Waals surface area contributed by atoms with Crippen molar-refractivity contribution in [2.24, 2.45) is 5.41 Å². The topological polar surface area (TPSA) is 105 Å². The number of aliphatic carboxylic acids is 1. The van der Waals surface area contributed by atoms with Gasteiger partial charge in [0.05, 0.1) is 19.3 Å². The highest BCUT2D eigenvalue weighted by Crippen LogP contribution is 2.28. The van der Waals surface area contributed by atoms with Crippen molar-refractivity contribution < 1.29 is 24.2 Å². The Bertz CT molecular complexity index is 399. The minimum atomic E-state index is -1.05. The molecule has 0 spiro atoms. The summed E-state index contributed by atoms with van der Waals surface area (Å²) in [5.74, 6) is -1.17. The quantitative estimate of drug-likeness (QED) is 0.559. The Morgan fingerprint density at radius 1 is 1.29 bits per heavy atom. The summed E-state index contributed by atoms with van der Waals surface area (Å²) >= 11 is 0. The third kappa shape index (κ3) is 5.34. The van der Waals surface area contributed by atoms with E-state index in [-0.39, 0.29) is 25.0 Å². The van der Waals surface area contributed by atoms with Crippen LogP contribution in [0.5, 0.6) is 0 Å². The molecule has 2 atom stereocenters. The number of rotatable bonds is 8. The second-order valence-electron chi connectivity index (χ2n) is 5.65. The average molecular weight is 300 g/mol. The molecule has 1 rings (SSSR count).